The molecule has 121 valence electrons. The fourth-order valence-corrected chi connectivity index (χ4v) is 2.31. The Morgan fingerprint density at radius 1 is 0.650 bits per heavy atom. The Kier molecular flexibility index (Phi) is 27.8. The van der Waals surface area contributed by atoms with Crippen LogP contribution in [0.2, 0.25) is 0 Å². The molecule has 3 nitrogen and oxygen atoms in total. The second kappa shape index (κ2) is 24.5. The summed E-state index contributed by atoms with van der Waals surface area (Å²) >= 11 is -1.75. The summed E-state index contributed by atoms with van der Waals surface area (Å²) in [5.74, 6) is 0. The topological polar surface area (TPSA) is 57.5 Å². The summed E-state index contributed by atoms with van der Waals surface area (Å²) in [5, 5.41) is 8.64. The summed E-state index contributed by atoms with van der Waals surface area (Å²) in [6.45, 7) is 2.65. The van der Waals surface area contributed by atoms with Crippen LogP contribution in [0.4, 0.5) is 0 Å². The molecular weight excluding hydrogens is 288 g/mol. The molecule has 0 unspecified atom stereocenters. The second-order valence-electron chi connectivity index (χ2n) is 5.41. The third kappa shape index (κ3) is 26.9. The van der Waals surface area contributed by atoms with Gasteiger partial charge >= 0.3 is 26.5 Å². The fourth-order valence-electron chi connectivity index (χ4n) is 2.31. The molecule has 20 heavy (non-hydrogen) atoms. The van der Waals surface area contributed by atoms with E-state index in [4.69, 9.17) is 12.1 Å². The van der Waals surface area contributed by atoms with Crippen LogP contribution in [0.3, 0.4) is 0 Å². The molecule has 0 aliphatic heterocycles. The molecule has 4 heteroatoms. The standard InChI is InChI=1S/C16H34O.H2O.O.Ti/c1-2-3-4-5-6-7-8-9-10-11-12-13-14-15-16-17;;;/h17H,2-16H2,1H3;1H2;;/q;;;+1/p-1. The molecule has 0 aromatic rings. The Morgan fingerprint density at radius 3 is 1.15 bits per heavy atom. The van der Waals surface area contributed by atoms with Gasteiger partial charge in [-0.3, -0.25) is 0 Å². The first kappa shape index (κ1) is 22.7. The van der Waals surface area contributed by atoms with E-state index in [-0.39, 0.29) is 0 Å². The molecule has 0 heterocycles. The Labute approximate surface area is 135 Å². The zero-order chi connectivity index (χ0) is 15.3. The second-order valence-corrected chi connectivity index (χ2v) is 5.70. The normalized spacial score (nSPS) is 9.75. The van der Waals surface area contributed by atoms with Crippen molar-refractivity contribution >= 4 is 0 Å². The molecule has 0 amide bonds. The van der Waals surface area contributed by atoms with Gasteiger partial charge < -0.3 is 5.11 Å². The number of unbranched alkanes of at least 4 members (excludes halogenated alkanes) is 13. The average Bonchev–Trinajstić information content (AvgIpc) is 2.45. The average molecular weight is 323 g/mol. The van der Waals surface area contributed by atoms with E-state index in [1.807, 2.05) is 0 Å². The first-order chi connectivity index (χ1) is 9.83. The van der Waals surface area contributed by atoms with Gasteiger partial charge in [0, 0.05) is 6.61 Å². The van der Waals surface area contributed by atoms with Gasteiger partial charge in [0.2, 0.25) is 0 Å². The van der Waals surface area contributed by atoms with Crippen molar-refractivity contribution in [3.8, 4) is 0 Å². The molecule has 0 saturated carbocycles. The fraction of sp³-hybridized carbons (Fsp3) is 1.00. The Morgan fingerprint density at radius 2 is 0.900 bits per heavy atom. The quantitative estimate of drug-likeness (QED) is 0.357. The van der Waals surface area contributed by atoms with E-state index in [1.54, 1.807) is 0 Å². The van der Waals surface area contributed by atoms with Gasteiger partial charge in [0.1, 0.15) is 0 Å². The van der Waals surface area contributed by atoms with Gasteiger partial charge in [0.05, 0.1) is 0 Å². The van der Waals surface area contributed by atoms with E-state index in [9.17, 15) is 0 Å². The van der Waals surface area contributed by atoms with E-state index in [0.717, 1.165) is 6.42 Å². The zero-order valence-electron chi connectivity index (χ0n) is 13.4. The predicted octanol–water partition coefficient (Wildman–Crippen LogP) is 4.78. The number of rotatable bonds is 14. The van der Waals surface area contributed by atoms with Crippen molar-refractivity contribution < 1.29 is 31.6 Å². The van der Waals surface area contributed by atoms with Crippen LogP contribution < -0.4 is 0 Å². The minimum atomic E-state index is -1.75. The van der Waals surface area contributed by atoms with E-state index in [0.29, 0.717) is 6.61 Å². The van der Waals surface area contributed by atoms with Gasteiger partial charge in [-0.25, -0.2) is 0 Å². The molecular formula is C16H35O3Ti. The van der Waals surface area contributed by atoms with Crippen molar-refractivity contribution in [3.63, 3.8) is 0 Å². The Hall–Kier alpha value is 0.434. The third-order valence-electron chi connectivity index (χ3n) is 3.51. The van der Waals surface area contributed by atoms with E-state index in [2.05, 4.69) is 6.92 Å². The van der Waals surface area contributed by atoms with Crippen molar-refractivity contribution in [3.05, 3.63) is 0 Å². The monoisotopic (exact) mass is 323 g/mol. The van der Waals surface area contributed by atoms with Crippen molar-refractivity contribution in [1.29, 1.82) is 0 Å². The van der Waals surface area contributed by atoms with Crippen molar-refractivity contribution in [1.82, 2.24) is 0 Å². The van der Waals surface area contributed by atoms with Crippen molar-refractivity contribution in [2.24, 2.45) is 0 Å². The number of aliphatic hydroxyl groups excluding tert-OH is 1. The molecule has 0 aliphatic carbocycles. The van der Waals surface area contributed by atoms with Gasteiger partial charge in [-0.1, -0.05) is 90.4 Å². The van der Waals surface area contributed by atoms with Crippen LogP contribution in [-0.2, 0) is 22.8 Å². The number of aliphatic hydroxyl groups is 1. The van der Waals surface area contributed by atoms with Crippen LogP contribution in [0, 0.1) is 0 Å². The summed E-state index contributed by atoms with van der Waals surface area (Å²) in [6, 6.07) is 0. The first-order valence-electron chi connectivity index (χ1n) is 8.45. The van der Waals surface area contributed by atoms with Crippen LogP contribution >= 0.6 is 0 Å². The third-order valence-corrected chi connectivity index (χ3v) is 3.51. The van der Waals surface area contributed by atoms with Crippen LogP contribution in [0.5, 0.6) is 0 Å². The molecule has 0 aromatic carbocycles. The molecule has 0 bridgehead atoms. The van der Waals surface area contributed by atoms with Crippen LogP contribution in [0.1, 0.15) is 96.8 Å². The molecule has 0 aliphatic rings. The van der Waals surface area contributed by atoms with Gasteiger partial charge in [-0.2, -0.15) is 0 Å². The first-order valence-corrected chi connectivity index (χ1v) is 9.79. The van der Waals surface area contributed by atoms with Crippen molar-refractivity contribution in [2.75, 3.05) is 6.61 Å². The number of hydrogen-bond acceptors (Lipinski definition) is 2. The summed E-state index contributed by atoms with van der Waals surface area (Å²) in [4.78, 5) is 0. The number of hydrogen-bond donors (Lipinski definition) is 2. The summed E-state index contributed by atoms with van der Waals surface area (Å²) in [6.07, 6.45) is 19.2. The molecule has 0 radical (unpaired) electrons. The van der Waals surface area contributed by atoms with Gasteiger partial charge in [-0.05, 0) is 6.42 Å². The summed E-state index contributed by atoms with van der Waals surface area (Å²) in [7, 11) is 0. The maximum absolute atomic E-state index is 8.64. The maximum atomic E-state index is 8.64. The SMILES string of the molecule is CCCCCCCCCCCCCCCCO.[O]=[Ti][OH]. The van der Waals surface area contributed by atoms with Crippen molar-refractivity contribution in [2.45, 2.75) is 96.8 Å². The molecule has 0 rings (SSSR count). The molecule has 0 aromatic heterocycles. The van der Waals surface area contributed by atoms with Gasteiger partial charge in [0.15, 0.2) is 0 Å². The van der Waals surface area contributed by atoms with E-state index < -0.39 is 19.5 Å². The van der Waals surface area contributed by atoms with Gasteiger partial charge in [-0.15, -0.1) is 0 Å². The Balaban J connectivity index is 0. The molecule has 0 saturated heterocycles. The Bertz CT molecular complexity index is 152. The summed E-state index contributed by atoms with van der Waals surface area (Å²) < 4.78 is 15.8. The molecule has 2 N–H and O–H groups in total. The molecule has 0 spiro atoms. The van der Waals surface area contributed by atoms with Crippen LogP contribution in [0.15, 0.2) is 0 Å². The predicted molar refractivity (Wildman–Crippen MR) is 80.3 cm³/mol. The molecule has 0 atom stereocenters. The van der Waals surface area contributed by atoms with E-state index in [1.165, 1.54) is 83.5 Å². The van der Waals surface area contributed by atoms with Crippen LogP contribution in [-0.4, -0.2) is 15.4 Å². The van der Waals surface area contributed by atoms with Crippen LogP contribution in [0.25, 0.3) is 0 Å². The summed E-state index contributed by atoms with van der Waals surface area (Å²) in [5.41, 5.74) is 0. The molecule has 0 fully saturated rings. The zero-order valence-corrected chi connectivity index (χ0v) is 15.0. The van der Waals surface area contributed by atoms with E-state index >= 15 is 0 Å². The minimum absolute atomic E-state index is 0.373. The van der Waals surface area contributed by atoms with Gasteiger partial charge in [0.25, 0.3) is 0 Å².